The lowest BCUT2D eigenvalue weighted by Crippen LogP contribution is -2.12. The molecule has 1 N–H and O–H groups in total. The van der Waals surface area contributed by atoms with Crippen LogP contribution in [0.15, 0.2) is 46.9 Å². The first kappa shape index (κ1) is 12.8. The second kappa shape index (κ2) is 5.36. The van der Waals surface area contributed by atoms with Crippen molar-refractivity contribution in [2.24, 2.45) is 0 Å². The van der Waals surface area contributed by atoms with Crippen molar-refractivity contribution in [3.05, 3.63) is 63.6 Å². The summed E-state index contributed by atoms with van der Waals surface area (Å²) in [6.07, 6.45) is 0. The molecule has 0 saturated heterocycles. The van der Waals surface area contributed by atoms with Crippen molar-refractivity contribution in [1.29, 1.82) is 0 Å². The van der Waals surface area contributed by atoms with Gasteiger partial charge in [0.05, 0.1) is 0 Å². The lowest BCUT2D eigenvalue weighted by atomic mass is 10.1. The summed E-state index contributed by atoms with van der Waals surface area (Å²) >= 11 is 3.35. The van der Waals surface area contributed by atoms with Crippen LogP contribution in [0.4, 0.5) is 5.69 Å². The molecule has 0 spiro atoms. The van der Waals surface area contributed by atoms with E-state index in [0.29, 0.717) is 5.56 Å². The van der Waals surface area contributed by atoms with Crippen molar-refractivity contribution in [2.75, 3.05) is 5.32 Å². The number of anilines is 1. The number of carbonyl (C=O) groups excluding carboxylic acids is 1. The molecule has 1 amide bonds. The number of hydrogen-bond acceptors (Lipinski definition) is 1. The number of benzene rings is 2. The summed E-state index contributed by atoms with van der Waals surface area (Å²) in [6.45, 7) is 4.03. The Hall–Kier alpha value is -1.61. The Bertz CT molecular complexity index is 576. The third-order valence-electron chi connectivity index (χ3n) is 2.74. The first-order chi connectivity index (χ1) is 8.56. The van der Waals surface area contributed by atoms with E-state index in [4.69, 9.17) is 0 Å². The lowest BCUT2D eigenvalue weighted by Gasteiger charge is -2.09. The Kier molecular flexibility index (Phi) is 3.82. The van der Waals surface area contributed by atoms with Crippen LogP contribution in [0.2, 0.25) is 0 Å². The van der Waals surface area contributed by atoms with Crippen molar-refractivity contribution in [3.8, 4) is 0 Å². The Morgan fingerprint density at radius 1 is 1.06 bits per heavy atom. The zero-order chi connectivity index (χ0) is 13.1. The minimum Gasteiger partial charge on any atom is -0.322 e. The van der Waals surface area contributed by atoms with E-state index in [1.165, 1.54) is 5.56 Å². The van der Waals surface area contributed by atoms with Gasteiger partial charge < -0.3 is 5.32 Å². The van der Waals surface area contributed by atoms with E-state index in [1.54, 1.807) is 12.1 Å². The molecule has 3 heteroatoms. The molecule has 0 radical (unpaired) electrons. The molecule has 0 fully saturated rings. The summed E-state index contributed by atoms with van der Waals surface area (Å²) in [7, 11) is 0. The van der Waals surface area contributed by atoms with Crippen LogP contribution >= 0.6 is 15.9 Å². The topological polar surface area (TPSA) is 29.1 Å². The number of nitrogens with one attached hydrogen (secondary N) is 1. The van der Waals surface area contributed by atoms with Crippen LogP contribution in [0, 0.1) is 13.8 Å². The van der Waals surface area contributed by atoms with Gasteiger partial charge in [0.2, 0.25) is 0 Å². The number of aryl methyl sites for hydroxylation is 2. The highest BCUT2D eigenvalue weighted by atomic mass is 79.9. The molecule has 0 unspecified atom stereocenters. The number of hydrogen-bond donors (Lipinski definition) is 1. The lowest BCUT2D eigenvalue weighted by molar-refractivity contribution is 0.102. The van der Waals surface area contributed by atoms with E-state index < -0.39 is 0 Å². The van der Waals surface area contributed by atoms with E-state index in [-0.39, 0.29) is 5.91 Å². The second-order valence-electron chi connectivity index (χ2n) is 4.28. The molecule has 0 saturated carbocycles. The largest absolute Gasteiger partial charge is 0.322 e. The monoisotopic (exact) mass is 303 g/mol. The van der Waals surface area contributed by atoms with Crippen LogP contribution in [-0.4, -0.2) is 5.91 Å². The molecule has 0 bridgehead atoms. The van der Waals surface area contributed by atoms with Crippen molar-refractivity contribution in [2.45, 2.75) is 13.8 Å². The van der Waals surface area contributed by atoms with Crippen LogP contribution in [-0.2, 0) is 0 Å². The van der Waals surface area contributed by atoms with E-state index in [1.807, 2.05) is 38.1 Å². The summed E-state index contributed by atoms with van der Waals surface area (Å²) in [5.74, 6) is -0.0885. The summed E-state index contributed by atoms with van der Waals surface area (Å²) < 4.78 is 0.963. The maximum absolute atomic E-state index is 12.0. The average Bonchev–Trinajstić information content (AvgIpc) is 2.33. The molecule has 0 atom stereocenters. The normalized spacial score (nSPS) is 10.2. The molecular weight excluding hydrogens is 290 g/mol. The van der Waals surface area contributed by atoms with Gasteiger partial charge in [-0.05, 0) is 49.7 Å². The van der Waals surface area contributed by atoms with E-state index in [0.717, 1.165) is 15.7 Å². The highest BCUT2D eigenvalue weighted by molar-refractivity contribution is 9.10. The predicted molar refractivity (Wildman–Crippen MR) is 78.0 cm³/mol. The zero-order valence-electron chi connectivity index (χ0n) is 10.3. The number of carbonyl (C=O) groups is 1. The SMILES string of the molecule is Cc1ccc(NC(=O)c2ccc(Br)cc2)c(C)c1. The average molecular weight is 304 g/mol. The molecule has 0 aliphatic carbocycles. The Balaban J connectivity index is 2.18. The van der Waals surface area contributed by atoms with Crippen molar-refractivity contribution in [3.63, 3.8) is 0 Å². The molecule has 0 aliphatic heterocycles. The molecular formula is C15H14BrNO. The first-order valence-corrected chi connectivity index (χ1v) is 6.50. The third kappa shape index (κ3) is 2.99. The summed E-state index contributed by atoms with van der Waals surface area (Å²) in [5.41, 5.74) is 3.77. The van der Waals surface area contributed by atoms with Crippen molar-refractivity contribution >= 4 is 27.5 Å². The van der Waals surface area contributed by atoms with Gasteiger partial charge in [0.15, 0.2) is 0 Å². The fourth-order valence-electron chi connectivity index (χ4n) is 1.75. The van der Waals surface area contributed by atoms with Gasteiger partial charge in [0.1, 0.15) is 0 Å². The molecule has 2 aromatic carbocycles. The predicted octanol–water partition coefficient (Wildman–Crippen LogP) is 4.32. The van der Waals surface area contributed by atoms with Crippen LogP contribution in [0.25, 0.3) is 0 Å². The summed E-state index contributed by atoms with van der Waals surface area (Å²) in [4.78, 5) is 12.0. The molecule has 0 heterocycles. The van der Waals surface area contributed by atoms with E-state index in [2.05, 4.69) is 27.3 Å². The smallest absolute Gasteiger partial charge is 0.255 e. The maximum Gasteiger partial charge on any atom is 0.255 e. The fraction of sp³-hybridized carbons (Fsp3) is 0.133. The quantitative estimate of drug-likeness (QED) is 0.879. The van der Waals surface area contributed by atoms with Gasteiger partial charge in [-0.2, -0.15) is 0 Å². The van der Waals surface area contributed by atoms with Crippen molar-refractivity contribution < 1.29 is 4.79 Å². The number of amides is 1. The van der Waals surface area contributed by atoms with Gasteiger partial charge >= 0.3 is 0 Å². The van der Waals surface area contributed by atoms with Gasteiger partial charge in [-0.15, -0.1) is 0 Å². The molecule has 18 heavy (non-hydrogen) atoms. The number of halogens is 1. The fourth-order valence-corrected chi connectivity index (χ4v) is 2.01. The third-order valence-corrected chi connectivity index (χ3v) is 3.27. The molecule has 0 aliphatic rings. The minimum absolute atomic E-state index is 0.0885. The Morgan fingerprint density at radius 2 is 1.72 bits per heavy atom. The Labute approximate surface area is 115 Å². The maximum atomic E-state index is 12.0. The first-order valence-electron chi connectivity index (χ1n) is 5.70. The van der Waals surface area contributed by atoms with Gasteiger partial charge in [0.25, 0.3) is 5.91 Å². The number of rotatable bonds is 2. The van der Waals surface area contributed by atoms with E-state index >= 15 is 0 Å². The van der Waals surface area contributed by atoms with Crippen molar-refractivity contribution in [1.82, 2.24) is 0 Å². The summed E-state index contributed by atoms with van der Waals surface area (Å²) in [5, 5.41) is 2.92. The van der Waals surface area contributed by atoms with Gasteiger partial charge in [-0.3, -0.25) is 4.79 Å². The summed E-state index contributed by atoms with van der Waals surface area (Å²) in [6, 6.07) is 13.3. The van der Waals surface area contributed by atoms with Crippen LogP contribution in [0.5, 0.6) is 0 Å². The van der Waals surface area contributed by atoms with Crippen LogP contribution < -0.4 is 5.32 Å². The molecule has 92 valence electrons. The minimum atomic E-state index is -0.0885. The van der Waals surface area contributed by atoms with Gasteiger partial charge in [0, 0.05) is 15.7 Å². The standard InChI is InChI=1S/C15H14BrNO/c1-10-3-8-14(11(2)9-10)17-15(18)12-4-6-13(16)7-5-12/h3-9H,1-2H3,(H,17,18). The Morgan fingerprint density at radius 3 is 2.33 bits per heavy atom. The highest BCUT2D eigenvalue weighted by Gasteiger charge is 2.07. The molecule has 0 aromatic heterocycles. The van der Waals surface area contributed by atoms with Gasteiger partial charge in [-0.25, -0.2) is 0 Å². The van der Waals surface area contributed by atoms with Crippen LogP contribution in [0.1, 0.15) is 21.5 Å². The second-order valence-corrected chi connectivity index (χ2v) is 5.20. The molecule has 2 aromatic rings. The van der Waals surface area contributed by atoms with Gasteiger partial charge in [-0.1, -0.05) is 33.6 Å². The van der Waals surface area contributed by atoms with Crippen LogP contribution in [0.3, 0.4) is 0 Å². The zero-order valence-corrected chi connectivity index (χ0v) is 11.9. The van der Waals surface area contributed by atoms with E-state index in [9.17, 15) is 4.79 Å². The molecule has 2 rings (SSSR count). The highest BCUT2D eigenvalue weighted by Crippen LogP contribution is 2.18. The molecule has 2 nitrogen and oxygen atoms in total.